The summed E-state index contributed by atoms with van der Waals surface area (Å²) in [7, 11) is 0. The van der Waals surface area contributed by atoms with Crippen molar-refractivity contribution in [1.82, 2.24) is 0 Å². The topological polar surface area (TPSA) is 0 Å². The van der Waals surface area contributed by atoms with Crippen LogP contribution >= 0.6 is 0 Å². The van der Waals surface area contributed by atoms with Gasteiger partial charge in [-0.2, -0.15) is 0 Å². The Kier molecular flexibility index (Phi) is 4.75. The predicted octanol–water partition coefficient (Wildman–Crippen LogP) is 7.70. The fraction of sp³-hybridized carbons (Fsp3) is 0.231. The van der Waals surface area contributed by atoms with Gasteiger partial charge in [-0.1, -0.05) is 79.9 Å². The van der Waals surface area contributed by atoms with Crippen molar-refractivity contribution >= 4 is 21.5 Å². The molecule has 0 amide bonds. The first-order valence-electron chi connectivity index (χ1n) is 9.76. The van der Waals surface area contributed by atoms with Gasteiger partial charge in [0.2, 0.25) is 0 Å². The molecule has 0 aromatic heterocycles. The quantitative estimate of drug-likeness (QED) is 0.258. The summed E-state index contributed by atoms with van der Waals surface area (Å²) in [6.07, 6.45) is 5.07. The van der Waals surface area contributed by atoms with Crippen molar-refractivity contribution in [3.8, 4) is 11.1 Å². The van der Waals surface area contributed by atoms with Gasteiger partial charge in [0, 0.05) is 0 Å². The molecule has 0 heterocycles. The number of unbranched alkanes of at least 4 members (excludes halogenated alkanes) is 2. The van der Waals surface area contributed by atoms with Crippen LogP contribution in [0, 0.1) is 6.92 Å². The number of fused-ring (bicyclic) bond motifs is 2. The van der Waals surface area contributed by atoms with Crippen LogP contribution in [0.1, 0.15) is 37.3 Å². The summed E-state index contributed by atoms with van der Waals surface area (Å²) >= 11 is 0. The van der Waals surface area contributed by atoms with Gasteiger partial charge in [0.25, 0.3) is 0 Å². The molecule has 0 bridgehead atoms. The van der Waals surface area contributed by atoms with E-state index in [0.29, 0.717) is 0 Å². The molecule has 0 nitrogen and oxygen atoms in total. The Bertz CT molecular complexity index is 1040. The third-order valence-corrected chi connectivity index (χ3v) is 5.31. The molecule has 0 unspecified atom stereocenters. The van der Waals surface area contributed by atoms with E-state index in [4.69, 9.17) is 0 Å². The summed E-state index contributed by atoms with van der Waals surface area (Å²) in [6, 6.07) is 27.2. The third-order valence-electron chi connectivity index (χ3n) is 5.31. The number of hydrogen-bond acceptors (Lipinski definition) is 0. The number of aryl methyl sites for hydroxylation is 2. The first-order chi connectivity index (χ1) is 12.7. The van der Waals surface area contributed by atoms with E-state index < -0.39 is 0 Å². The first-order valence-corrected chi connectivity index (χ1v) is 9.76. The molecule has 0 saturated heterocycles. The number of hydrogen-bond donors (Lipinski definition) is 0. The summed E-state index contributed by atoms with van der Waals surface area (Å²) < 4.78 is 0. The minimum absolute atomic E-state index is 1.19. The third kappa shape index (κ3) is 3.51. The van der Waals surface area contributed by atoms with E-state index in [1.165, 1.54) is 69.5 Å². The second-order valence-corrected chi connectivity index (χ2v) is 7.42. The van der Waals surface area contributed by atoms with Crippen LogP contribution in [0.3, 0.4) is 0 Å². The largest absolute Gasteiger partial charge is 0.0654 e. The zero-order chi connectivity index (χ0) is 17.9. The highest BCUT2D eigenvalue weighted by Gasteiger charge is 2.03. The van der Waals surface area contributed by atoms with Crippen molar-refractivity contribution < 1.29 is 0 Å². The van der Waals surface area contributed by atoms with Crippen LogP contribution in [0.15, 0.2) is 72.8 Å². The van der Waals surface area contributed by atoms with Crippen molar-refractivity contribution in [2.24, 2.45) is 0 Å². The molecule has 4 aromatic carbocycles. The lowest BCUT2D eigenvalue weighted by molar-refractivity contribution is 0.718. The number of benzene rings is 4. The van der Waals surface area contributed by atoms with E-state index in [0.717, 1.165) is 0 Å². The Morgan fingerprint density at radius 1 is 0.577 bits per heavy atom. The van der Waals surface area contributed by atoms with Crippen LogP contribution in [-0.2, 0) is 6.42 Å². The standard InChI is InChI=1S/C26H26/c1-3-4-5-6-20-9-12-23-18-26-16-22(21-10-7-19(2)8-11-21)13-14-24(26)17-25(23)15-20/h7-18H,3-6H2,1-2H3. The van der Waals surface area contributed by atoms with Gasteiger partial charge in [-0.3, -0.25) is 0 Å². The molecule has 0 aliphatic heterocycles. The normalized spacial score (nSPS) is 11.3. The molecule has 0 spiro atoms. The average Bonchev–Trinajstić information content (AvgIpc) is 2.67. The maximum Gasteiger partial charge on any atom is -0.0171 e. The van der Waals surface area contributed by atoms with Crippen molar-refractivity contribution in [3.63, 3.8) is 0 Å². The maximum absolute atomic E-state index is 2.37. The van der Waals surface area contributed by atoms with E-state index >= 15 is 0 Å². The van der Waals surface area contributed by atoms with E-state index in [1.54, 1.807) is 0 Å². The van der Waals surface area contributed by atoms with Gasteiger partial charge in [-0.25, -0.2) is 0 Å². The fourth-order valence-corrected chi connectivity index (χ4v) is 3.71. The van der Waals surface area contributed by atoms with Gasteiger partial charge >= 0.3 is 0 Å². The highest BCUT2D eigenvalue weighted by Crippen LogP contribution is 2.29. The van der Waals surface area contributed by atoms with Crippen molar-refractivity contribution in [3.05, 3.63) is 83.9 Å². The monoisotopic (exact) mass is 338 g/mol. The molecule has 0 radical (unpaired) electrons. The summed E-state index contributed by atoms with van der Waals surface area (Å²) in [6.45, 7) is 4.39. The van der Waals surface area contributed by atoms with Gasteiger partial charge in [-0.15, -0.1) is 0 Å². The minimum Gasteiger partial charge on any atom is -0.0654 e. The molecule has 0 fully saturated rings. The van der Waals surface area contributed by atoms with Gasteiger partial charge in [0.05, 0.1) is 0 Å². The summed E-state index contributed by atoms with van der Waals surface area (Å²) in [5.41, 5.74) is 5.33. The highest BCUT2D eigenvalue weighted by atomic mass is 14.1. The fourth-order valence-electron chi connectivity index (χ4n) is 3.71. The van der Waals surface area contributed by atoms with E-state index in [9.17, 15) is 0 Å². The lowest BCUT2D eigenvalue weighted by Crippen LogP contribution is -1.86. The Hall–Kier alpha value is -2.60. The Morgan fingerprint density at radius 2 is 1.23 bits per heavy atom. The molecule has 0 aliphatic carbocycles. The van der Waals surface area contributed by atoms with Crippen molar-refractivity contribution in [1.29, 1.82) is 0 Å². The SMILES string of the molecule is CCCCCc1ccc2cc3cc(-c4ccc(C)cc4)ccc3cc2c1. The van der Waals surface area contributed by atoms with E-state index in [-0.39, 0.29) is 0 Å². The molecule has 0 heteroatoms. The molecule has 4 aromatic rings. The molecule has 26 heavy (non-hydrogen) atoms. The molecule has 0 saturated carbocycles. The highest BCUT2D eigenvalue weighted by molar-refractivity contribution is 5.99. The molecule has 0 N–H and O–H groups in total. The number of rotatable bonds is 5. The second kappa shape index (κ2) is 7.33. The van der Waals surface area contributed by atoms with Gasteiger partial charge in [0.15, 0.2) is 0 Å². The van der Waals surface area contributed by atoms with Gasteiger partial charge < -0.3 is 0 Å². The van der Waals surface area contributed by atoms with Crippen molar-refractivity contribution in [2.75, 3.05) is 0 Å². The van der Waals surface area contributed by atoms with Crippen LogP contribution in [0.25, 0.3) is 32.7 Å². The van der Waals surface area contributed by atoms with Crippen LogP contribution in [-0.4, -0.2) is 0 Å². The zero-order valence-corrected chi connectivity index (χ0v) is 15.8. The maximum atomic E-state index is 2.37. The van der Waals surface area contributed by atoms with Crippen molar-refractivity contribution in [2.45, 2.75) is 39.5 Å². The van der Waals surface area contributed by atoms with Crippen LogP contribution in [0.4, 0.5) is 0 Å². The smallest absolute Gasteiger partial charge is 0.0171 e. The van der Waals surface area contributed by atoms with Crippen LogP contribution in [0.5, 0.6) is 0 Å². The average molecular weight is 338 g/mol. The zero-order valence-electron chi connectivity index (χ0n) is 15.8. The molecule has 4 rings (SSSR count). The Morgan fingerprint density at radius 3 is 1.96 bits per heavy atom. The predicted molar refractivity (Wildman–Crippen MR) is 115 cm³/mol. The van der Waals surface area contributed by atoms with E-state index in [2.05, 4.69) is 86.6 Å². The lowest BCUT2D eigenvalue weighted by Gasteiger charge is -2.08. The van der Waals surface area contributed by atoms with Gasteiger partial charge in [-0.05, 0) is 76.2 Å². The van der Waals surface area contributed by atoms with Gasteiger partial charge in [0.1, 0.15) is 0 Å². The molecule has 0 atom stereocenters. The summed E-state index contributed by atoms with van der Waals surface area (Å²) in [5.74, 6) is 0. The Balaban J connectivity index is 1.71. The lowest BCUT2D eigenvalue weighted by atomic mass is 9.96. The summed E-state index contributed by atoms with van der Waals surface area (Å²) in [5, 5.41) is 5.32. The van der Waals surface area contributed by atoms with Crippen LogP contribution in [0.2, 0.25) is 0 Å². The molecule has 0 aliphatic rings. The van der Waals surface area contributed by atoms with E-state index in [1.807, 2.05) is 0 Å². The minimum atomic E-state index is 1.19. The second-order valence-electron chi connectivity index (χ2n) is 7.42. The van der Waals surface area contributed by atoms with Crippen LogP contribution < -0.4 is 0 Å². The molecule has 130 valence electrons. The molecular weight excluding hydrogens is 312 g/mol. The molecular formula is C26H26. The summed E-state index contributed by atoms with van der Waals surface area (Å²) in [4.78, 5) is 0. The first kappa shape index (κ1) is 16.8. The Labute approximate surface area is 156 Å².